The molecule has 1 saturated heterocycles. The molecular weight excluding hydrogens is 198 g/mol. The van der Waals surface area contributed by atoms with Crippen LogP contribution in [0.4, 0.5) is 0 Å². The van der Waals surface area contributed by atoms with E-state index in [0.717, 1.165) is 25.2 Å². The summed E-state index contributed by atoms with van der Waals surface area (Å²) in [6.45, 7) is 9.36. The molecule has 1 N–H and O–H groups in total. The molecule has 2 nitrogen and oxygen atoms in total. The van der Waals surface area contributed by atoms with Crippen LogP contribution >= 0.6 is 0 Å². The van der Waals surface area contributed by atoms with Gasteiger partial charge in [0.25, 0.3) is 0 Å². The second kappa shape index (κ2) is 3.46. The Morgan fingerprint density at radius 1 is 1.19 bits per heavy atom. The summed E-state index contributed by atoms with van der Waals surface area (Å²) in [5.41, 5.74) is 1.05. The van der Waals surface area contributed by atoms with Gasteiger partial charge in [0, 0.05) is 18.7 Å². The lowest BCUT2D eigenvalue weighted by molar-refractivity contribution is 0.112. The van der Waals surface area contributed by atoms with Crippen LogP contribution in [0.25, 0.3) is 0 Å². The lowest BCUT2D eigenvalue weighted by atomic mass is 9.69. The first-order valence-electron chi connectivity index (χ1n) is 6.88. The third-order valence-corrected chi connectivity index (χ3v) is 6.16. The van der Waals surface area contributed by atoms with E-state index in [1.807, 2.05) is 0 Å². The highest BCUT2D eigenvalue weighted by atomic mass is 16.5. The molecule has 4 atom stereocenters. The van der Waals surface area contributed by atoms with Crippen molar-refractivity contribution in [3.05, 3.63) is 0 Å². The van der Waals surface area contributed by atoms with Crippen LogP contribution in [0.15, 0.2) is 0 Å². The Bertz CT molecular complexity index is 282. The monoisotopic (exact) mass is 223 g/mol. The van der Waals surface area contributed by atoms with Crippen molar-refractivity contribution in [1.29, 1.82) is 0 Å². The Labute approximate surface area is 99.1 Å². The fourth-order valence-electron chi connectivity index (χ4n) is 4.41. The van der Waals surface area contributed by atoms with E-state index in [-0.39, 0.29) is 0 Å². The van der Waals surface area contributed by atoms with Crippen LogP contribution in [0.3, 0.4) is 0 Å². The maximum atomic E-state index is 5.47. The molecule has 3 unspecified atom stereocenters. The van der Waals surface area contributed by atoms with Crippen LogP contribution in [0, 0.1) is 16.7 Å². The van der Waals surface area contributed by atoms with Crippen molar-refractivity contribution < 1.29 is 4.74 Å². The summed E-state index contributed by atoms with van der Waals surface area (Å²) in [4.78, 5) is 0. The van der Waals surface area contributed by atoms with Gasteiger partial charge in [-0.1, -0.05) is 20.8 Å². The van der Waals surface area contributed by atoms with Crippen LogP contribution in [0.5, 0.6) is 0 Å². The van der Waals surface area contributed by atoms with Crippen molar-refractivity contribution in [2.45, 2.75) is 58.5 Å². The van der Waals surface area contributed by atoms with Gasteiger partial charge in [-0.2, -0.15) is 0 Å². The summed E-state index contributed by atoms with van der Waals surface area (Å²) in [6, 6.07) is 1.35. The average Bonchev–Trinajstić information content (AvgIpc) is 2.84. The summed E-state index contributed by atoms with van der Waals surface area (Å²) in [5.74, 6) is 0.942. The van der Waals surface area contributed by atoms with Crippen LogP contribution < -0.4 is 5.32 Å². The van der Waals surface area contributed by atoms with Crippen molar-refractivity contribution in [3.63, 3.8) is 0 Å². The fourth-order valence-corrected chi connectivity index (χ4v) is 4.41. The summed E-state index contributed by atoms with van der Waals surface area (Å²) in [6.07, 6.45) is 5.45. The number of ether oxygens (including phenoxy) is 1. The van der Waals surface area contributed by atoms with E-state index in [1.165, 1.54) is 25.7 Å². The predicted molar refractivity (Wildman–Crippen MR) is 65.4 cm³/mol. The molecule has 3 rings (SSSR count). The van der Waals surface area contributed by atoms with Gasteiger partial charge in [-0.15, -0.1) is 0 Å². The molecule has 2 heteroatoms. The molecule has 0 aromatic rings. The first kappa shape index (κ1) is 11.0. The highest BCUT2D eigenvalue weighted by molar-refractivity contribution is 5.13. The quantitative estimate of drug-likeness (QED) is 0.777. The minimum absolute atomic E-state index is 0.514. The zero-order chi connectivity index (χ0) is 11.4. The molecule has 2 saturated carbocycles. The highest BCUT2D eigenvalue weighted by Crippen LogP contribution is 2.65. The lowest BCUT2D eigenvalue weighted by Crippen LogP contribution is -2.48. The van der Waals surface area contributed by atoms with Gasteiger partial charge >= 0.3 is 0 Å². The zero-order valence-corrected chi connectivity index (χ0v) is 10.9. The second-order valence-corrected chi connectivity index (χ2v) is 6.89. The molecular formula is C14H25NO. The first-order chi connectivity index (χ1) is 7.54. The van der Waals surface area contributed by atoms with Crippen molar-refractivity contribution in [2.75, 3.05) is 13.2 Å². The van der Waals surface area contributed by atoms with Crippen molar-refractivity contribution >= 4 is 0 Å². The summed E-state index contributed by atoms with van der Waals surface area (Å²) >= 11 is 0. The molecule has 0 radical (unpaired) electrons. The first-order valence-corrected chi connectivity index (χ1v) is 6.88. The standard InChI is InChI=1S/C14H25NO/c1-13(2)10-4-6-14(13,3)12(8-10)15-11-5-7-16-9-11/h10-12,15H,4-9H2,1-3H3/t10?,11?,12?,14-/m1/s1. The molecule has 1 aliphatic heterocycles. The van der Waals surface area contributed by atoms with Gasteiger partial charge in [0.2, 0.25) is 0 Å². The average molecular weight is 223 g/mol. The maximum Gasteiger partial charge on any atom is 0.0620 e. The minimum atomic E-state index is 0.514. The van der Waals surface area contributed by atoms with E-state index < -0.39 is 0 Å². The number of hydrogen-bond acceptors (Lipinski definition) is 2. The molecule has 0 spiro atoms. The summed E-state index contributed by atoms with van der Waals surface area (Å²) in [5, 5.41) is 3.88. The maximum absolute atomic E-state index is 5.47. The van der Waals surface area contributed by atoms with E-state index in [9.17, 15) is 0 Å². The Balaban J connectivity index is 1.74. The normalized spacial score (nSPS) is 50.1. The smallest absolute Gasteiger partial charge is 0.0620 e. The van der Waals surface area contributed by atoms with E-state index in [2.05, 4.69) is 26.1 Å². The molecule has 3 aliphatic rings. The van der Waals surface area contributed by atoms with E-state index in [0.29, 0.717) is 16.9 Å². The molecule has 1 heterocycles. The third-order valence-electron chi connectivity index (χ3n) is 6.16. The number of nitrogens with one attached hydrogen (secondary N) is 1. The van der Waals surface area contributed by atoms with E-state index in [1.54, 1.807) is 0 Å². The molecule has 16 heavy (non-hydrogen) atoms. The van der Waals surface area contributed by atoms with Crippen LogP contribution in [0.1, 0.15) is 46.5 Å². The summed E-state index contributed by atoms with van der Waals surface area (Å²) < 4.78 is 5.47. The number of hydrogen-bond donors (Lipinski definition) is 1. The van der Waals surface area contributed by atoms with Gasteiger partial charge in [-0.05, 0) is 42.4 Å². The largest absolute Gasteiger partial charge is 0.380 e. The lowest BCUT2D eigenvalue weighted by Gasteiger charge is -2.40. The minimum Gasteiger partial charge on any atom is -0.380 e. The topological polar surface area (TPSA) is 21.3 Å². The Morgan fingerprint density at radius 3 is 2.50 bits per heavy atom. The van der Waals surface area contributed by atoms with E-state index >= 15 is 0 Å². The Morgan fingerprint density at radius 2 is 2.00 bits per heavy atom. The molecule has 92 valence electrons. The van der Waals surface area contributed by atoms with Gasteiger partial charge < -0.3 is 10.1 Å². The molecule has 0 amide bonds. The fraction of sp³-hybridized carbons (Fsp3) is 1.00. The zero-order valence-electron chi connectivity index (χ0n) is 10.9. The van der Waals surface area contributed by atoms with Gasteiger partial charge in [0.05, 0.1) is 6.61 Å². The molecule has 2 aliphatic carbocycles. The Kier molecular flexibility index (Phi) is 2.38. The van der Waals surface area contributed by atoms with Crippen molar-refractivity contribution in [3.8, 4) is 0 Å². The second-order valence-electron chi connectivity index (χ2n) is 6.89. The molecule has 3 fully saturated rings. The number of rotatable bonds is 2. The Hall–Kier alpha value is -0.0800. The SMILES string of the molecule is CC1(C)C2CC[C@]1(C)C(NC1CCOC1)C2. The van der Waals surface area contributed by atoms with Crippen LogP contribution in [-0.4, -0.2) is 25.3 Å². The van der Waals surface area contributed by atoms with Crippen molar-refractivity contribution in [2.24, 2.45) is 16.7 Å². The van der Waals surface area contributed by atoms with Crippen molar-refractivity contribution in [1.82, 2.24) is 5.32 Å². The van der Waals surface area contributed by atoms with Gasteiger partial charge in [0.1, 0.15) is 0 Å². The van der Waals surface area contributed by atoms with Crippen LogP contribution in [0.2, 0.25) is 0 Å². The molecule has 0 aromatic heterocycles. The van der Waals surface area contributed by atoms with E-state index in [4.69, 9.17) is 4.74 Å². The summed E-state index contributed by atoms with van der Waals surface area (Å²) in [7, 11) is 0. The van der Waals surface area contributed by atoms with Gasteiger partial charge in [-0.25, -0.2) is 0 Å². The predicted octanol–water partition coefficient (Wildman–Crippen LogP) is 2.58. The highest BCUT2D eigenvalue weighted by Gasteiger charge is 2.61. The van der Waals surface area contributed by atoms with Gasteiger partial charge in [-0.3, -0.25) is 0 Å². The third kappa shape index (κ3) is 1.32. The molecule has 2 bridgehead atoms. The molecule has 0 aromatic carbocycles. The van der Waals surface area contributed by atoms with Gasteiger partial charge in [0.15, 0.2) is 0 Å². The van der Waals surface area contributed by atoms with Crippen LogP contribution in [-0.2, 0) is 4.74 Å². The number of fused-ring (bicyclic) bond motifs is 2.